The molecule has 0 atom stereocenters. The first-order valence-corrected chi connectivity index (χ1v) is 5.45. The minimum atomic E-state index is -5.84. The third-order valence-electron chi connectivity index (χ3n) is 0.585. The maximum absolute atomic E-state index is 10.7. The molecule has 0 rings (SSSR count). The average Bonchev–Trinajstić information content (AvgIpc) is 1.77. The van der Waals surface area contributed by atoms with Crippen LogP contribution < -0.4 is 0 Å². The van der Waals surface area contributed by atoms with Crippen molar-refractivity contribution in [2.75, 3.05) is 0 Å². The van der Waals surface area contributed by atoms with Gasteiger partial charge in [0.1, 0.15) is 0 Å². The molecule has 0 aliphatic carbocycles. The Balaban J connectivity index is -0.0000000980. The van der Waals surface area contributed by atoms with Crippen LogP contribution in [-0.4, -0.2) is 42.4 Å². The topological polar surface area (TPSA) is 140 Å². The van der Waals surface area contributed by atoms with Crippen molar-refractivity contribution in [1.82, 2.24) is 0 Å². The van der Waals surface area contributed by atoms with Gasteiger partial charge in [0, 0.05) is 19.5 Å². The Labute approximate surface area is 109 Å². The van der Waals surface area contributed by atoms with Gasteiger partial charge >= 0.3 is 31.3 Å². The molecule has 0 amide bonds. The van der Waals surface area contributed by atoms with E-state index in [1.807, 2.05) is 0 Å². The van der Waals surface area contributed by atoms with Gasteiger partial charge in [-0.05, 0) is 0 Å². The van der Waals surface area contributed by atoms with Gasteiger partial charge in [-0.15, -0.1) is 0 Å². The molecular formula is C2H4F6O7S2Zn. The van der Waals surface area contributed by atoms with Gasteiger partial charge in [-0.25, -0.2) is 0 Å². The van der Waals surface area contributed by atoms with E-state index in [9.17, 15) is 26.3 Å². The van der Waals surface area contributed by atoms with Gasteiger partial charge in [0.2, 0.25) is 0 Å². The summed E-state index contributed by atoms with van der Waals surface area (Å²) in [6, 6.07) is 0. The molecular weight excluding hydrogens is 380 g/mol. The van der Waals surface area contributed by atoms with Gasteiger partial charge in [-0.3, -0.25) is 9.11 Å². The molecule has 0 unspecified atom stereocenters. The third-order valence-corrected chi connectivity index (χ3v) is 1.75. The number of halogens is 6. The molecule has 16 heteroatoms. The summed E-state index contributed by atoms with van der Waals surface area (Å²) in [5.41, 5.74) is -11.1. The van der Waals surface area contributed by atoms with Crippen molar-refractivity contribution in [2.45, 2.75) is 11.0 Å². The van der Waals surface area contributed by atoms with E-state index in [1.165, 1.54) is 0 Å². The van der Waals surface area contributed by atoms with Crippen molar-refractivity contribution >= 4 is 20.2 Å². The monoisotopic (exact) mass is 382 g/mol. The Morgan fingerprint density at radius 1 is 0.667 bits per heavy atom. The largest absolute Gasteiger partial charge is 0.522 e. The van der Waals surface area contributed by atoms with Gasteiger partial charge in [0.25, 0.3) is 0 Å². The van der Waals surface area contributed by atoms with Crippen LogP contribution in [0.15, 0.2) is 0 Å². The fourth-order valence-corrected chi connectivity index (χ4v) is 0. The summed E-state index contributed by atoms with van der Waals surface area (Å²) in [4.78, 5) is 0. The Morgan fingerprint density at radius 3 is 0.722 bits per heavy atom. The molecule has 0 spiro atoms. The molecule has 0 saturated heterocycles. The number of hydrogen-bond donors (Lipinski definition) is 2. The fourth-order valence-electron chi connectivity index (χ4n) is 0. The molecule has 0 fully saturated rings. The summed E-state index contributed by atoms with van der Waals surface area (Å²) in [6.45, 7) is 0. The number of hydrogen-bond acceptors (Lipinski definition) is 4. The molecule has 0 aromatic carbocycles. The van der Waals surface area contributed by atoms with E-state index in [2.05, 4.69) is 0 Å². The molecule has 7 nitrogen and oxygen atoms in total. The minimum absolute atomic E-state index is 0. The van der Waals surface area contributed by atoms with Gasteiger partial charge in [0.05, 0.1) is 0 Å². The molecule has 0 aliphatic rings. The molecule has 0 bridgehead atoms. The second-order valence-electron chi connectivity index (χ2n) is 1.84. The zero-order chi connectivity index (χ0) is 14.0. The smallest absolute Gasteiger partial charge is 0.412 e. The molecule has 0 aromatic rings. The van der Waals surface area contributed by atoms with Crippen molar-refractivity contribution in [3.05, 3.63) is 0 Å². The Bertz CT molecular complexity index is 376. The molecule has 0 radical (unpaired) electrons. The summed E-state index contributed by atoms with van der Waals surface area (Å²) >= 11 is 0. The minimum Gasteiger partial charge on any atom is -0.412 e. The van der Waals surface area contributed by atoms with Crippen LogP contribution in [0.25, 0.3) is 0 Å². The second kappa shape index (κ2) is 7.54. The maximum Gasteiger partial charge on any atom is 0.522 e. The first-order valence-electron chi connectivity index (χ1n) is 2.57. The van der Waals surface area contributed by atoms with Crippen LogP contribution in [-0.2, 0) is 39.7 Å². The molecule has 0 saturated carbocycles. The standard InChI is InChI=1S/2CHF3O3S.H2O.Zn/c2*2-1(3,4)8(5,6)7;;/h2*(H,5,6,7);1H2;. The molecule has 110 valence electrons. The molecule has 4 N–H and O–H groups in total. The zero-order valence-electron chi connectivity index (χ0n) is 7.82. The predicted molar refractivity (Wildman–Crippen MR) is 38.8 cm³/mol. The summed E-state index contributed by atoms with van der Waals surface area (Å²) in [6.07, 6.45) is 0. The van der Waals surface area contributed by atoms with Crippen LogP contribution in [0.3, 0.4) is 0 Å². The molecule has 0 aliphatic heterocycles. The molecule has 0 heterocycles. The van der Waals surface area contributed by atoms with E-state index in [4.69, 9.17) is 25.9 Å². The van der Waals surface area contributed by atoms with Crippen LogP contribution in [0.2, 0.25) is 0 Å². The first kappa shape index (κ1) is 26.5. The van der Waals surface area contributed by atoms with Crippen molar-refractivity contribution in [3.63, 3.8) is 0 Å². The van der Waals surface area contributed by atoms with E-state index in [0.29, 0.717) is 0 Å². The summed E-state index contributed by atoms with van der Waals surface area (Å²) in [7, 11) is -11.7. The van der Waals surface area contributed by atoms with Crippen LogP contribution in [0.5, 0.6) is 0 Å². The Kier molecular flexibility index (Phi) is 11.1. The van der Waals surface area contributed by atoms with E-state index < -0.39 is 31.3 Å². The van der Waals surface area contributed by atoms with Crippen molar-refractivity contribution in [1.29, 1.82) is 0 Å². The normalized spacial score (nSPS) is 12.4. The van der Waals surface area contributed by atoms with Crippen molar-refractivity contribution in [2.24, 2.45) is 0 Å². The SMILES string of the molecule is O.O=S(=O)(O)C(F)(F)F.O=S(=O)(O)C(F)(F)F.[Zn]. The third kappa shape index (κ3) is 11.1. The van der Waals surface area contributed by atoms with E-state index in [0.717, 1.165) is 0 Å². The first-order chi connectivity index (χ1) is 6.50. The van der Waals surface area contributed by atoms with Crippen LogP contribution in [0.4, 0.5) is 26.3 Å². The summed E-state index contributed by atoms with van der Waals surface area (Å²) in [5, 5.41) is 0. The van der Waals surface area contributed by atoms with Crippen LogP contribution >= 0.6 is 0 Å². The summed E-state index contributed by atoms with van der Waals surface area (Å²) < 4.78 is 115. The Hall–Kier alpha value is -0.0166. The van der Waals surface area contributed by atoms with E-state index in [1.54, 1.807) is 0 Å². The van der Waals surface area contributed by atoms with E-state index in [-0.39, 0.29) is 25.0 Å². The van der Waals surface area contributed by atoms with Gasteiger partial charge < -0.3 is 5.48 Å². The predicted octanol–water partition coefficient (Wildman–Crippen LogP) is -0.0392. The summed E-state index contributed by atoms with van der Waals surface area (Å²) in [5.74, 6) is 0. The van der Waals surface area contributed by atoms with E-state index >= 15 is 0 Å². The maximum atomic E-state index is 10.7. The zero-order valence-corrected chi connectivity index (χ0v) is 12.4. The van der Waals surface area contributed by atoms with Crippen LogP contribution in [0.1, 0.15) is 0 Å². The van der Waals surface area contributed by atoms with Gasteiger partial charge in [-0.2, -0.15) is 43.2 Å². The van der Waals surface area contributed by atoms with Crippen LogP contribution in [0, 0.1) is 0 Å². The Morgan fingerprint density at radius 2 is 0.722 bits per heavy atom. The molecule has 18 heavy (non-hydrogen) atoms. The van der Waals surface area contributed by atoms with Crippen molar-refractivity contribution < 1.29 is 77.2 Å². The molecule has 0 aromatic heterocycles. The second-order valence-corrected chi connectivity index (χ2v) is 4.67. The quantitative estimate of drug-likeness (QED) is 0.260. The van der Waals surface area contributed by atoms with Crippen molar-refractivity contribution in [3.8, 4) is 0 Å². The number of rotatable bonds is 0. The fraction of sp³-hybridized carbons (Fsp3) is 1.00. The average molecular weight is 384 g/mol. The number of alkyl halides is 6. The van der Waals surface area contributed by atoms with Gasteiger partial charge in [0.15, 0.2) is 0 Å². The van der Waals surface area contributed by atoms with Gasteiger partial charge in [-0.1, -0.05) is 0 Å².